The average molecular weight is 407 g/mol. The monoisotopic (exact) mass is 406 g/mol. The van der Waals surface area contributed by atoms with Crippen LogP contribution >= 0.6 is 0 Å². The number of anilines is 1. The highest BCUT2D eigenvalue weighted by Gasteiger charge is 2.15. The lowest BCUT2D eigenvalue weighted by Crippen LogP contribution is -2.46. The van der Waals surface area contributed by atoms with Crippen molar-refractivity contribution < 1.29 is 19.5 Å². The quantitative estimate of drug-likeness (QED) is 0.343. The minimum absolute atomic E-state index is 0.136. The highest BCUT2D eigenvalue weighted by molar-refractivity contribution is 6.03. The number of benzene rings is 1. The van der Waals surface area contributed by atoms with Crippen LogP contribution in [0.3, 0.4) is 0 Å². The smallest absolute Gasteiger partial charge is 0.290 e. The van der Waals surface area contributed by atoms with Crippen LogP contribution in [0, 0.1) is 13.8 Å². The lowest BCUT2D eigenvalue weighted by Gasteiger charge is -2.33. The van der Waals surface area contributed by atoms with Gasteiger partial charge in [-0.2, -0.15) is 0 Å². The summed E-state index contributed by atoms with van der Waals surface area (Å²) in [5.41, 5.74) is 2.92. The van der Waals surface area contributed by atoms with Crippen LogP contribution in [0.4, 0.5) is 5.69 Å². The zero-order valence-electron chi connectivity index (χ0n) is 17.7. The van der Waals surface area contributed by atoms with E-state index in [4.69, 9.17) is 9.90 Å². The third-order valence-corrected chi connectivity index (χ3v) is 5.09. The fourth-order valence-electron chi connectivity index (χ4n) is 3.15. The molecule has 2 rings (SSSR count). The van der Waals surface area contributed by atoms with E-state index in [9.17, 15) is 9.59 Å². The molecular formula is C21H34N4O4. The van der Waals surface area contributed by atoms with Gasteiger partial charge in [0.2, 0.25) is 11.8 Å². The van der Waals surface area contributed by atoms with Crippen LogP contribution < -0.4 is 10.6 Å². The number of aryl methyl sites for hydroxylation is 1. The molecule has 1 aliphatic heterocycles. The number of nitrogens with one attached hydrogen (secondary N) is 2. The number of carboxylic acid groups (broad SMARTS) is 1. The van der Waals surface area contributed by atoms with Crippen molar-refractivity contribution in [1.29, 1.82) is 0 Å². The minimum Gasteiger partial charge on any atom is -0.483 e. The Labute approximate surface area is 173 Å². The molecule has 2 amide bonds. The Balaban J connectivity index is 0.00000132. The Bertz CT molecular complexity index is 658. The highest BCUT2D eigenvalue weighted by Crippen LogP contribution is 2.17. The zero-order chi connectivity index (χ0) is 21.6. The highest BCUT2D eigenvalue weighted by atomic mass is 16.3. The Kier molecular flexibility index (Phi) is 11.6. The van der Waals surface area contributed by atoms with Gasteiger partial charge in [0, 0.05) is 38.4 Å². The van der Waals surface area contributed by atoms with E-state index in [0.717, 1.165) is 62.5 Å². The van der Waals surface area contributed by atoms with E-state index in [0.29, 0.717) is 6.54 Å². The van der Waals surface area contributed by atoms with Gasteiger partial charge >= 0.3 is 0 Å². The molecule has 162 valence electrons. The van der Waals surface area contributed by atoms with Gasteiger partial charge in [0.1, 0.15) is 6.42 Å². The Morgan fingerprint density at radius 3 is 2.34 bits per heavy atom. The van der Waals surface area contributed by atoms with Crippen LogP contribution in [-0.2, 0) is 14.4 Å². The summed E-state index contributed by atoms with van der Waals surface area (Å²) in [7, 11) is 0. The van der Waals surface area contributed by atoms with Crippen LogP contribution in [0.1, 0.15) is 30.9 Å². The molecule has 3 N–H and O–H groups in total. The van der Waals surface area contributed by atoms with Gasteiger partial charge in [-0.1, -0.05) is 19.1 Å². The minimum atomic E-state index is -0.271. The maximum atomic E-state index is 12.0. The second-order valence-corrected chi connectivity index (χ2v) is 7.06. The van der Waals surface area contributed by atoms with Gasteiger partial charge < -0.3 is 25.5 Å². The zero-order valence-corrected chi connectivity index (χ0v) is 17.7. The second kappa shape index (κ2) is 13.7. The molecule has 1 heterocycles. The summed E-state index contributed by atoms with van der Waals surface area (Å²) < 4.78 is 0. The summed E-state index contributed by atoms with van der Waals surface area (Å²) in [6, 6.07) is 5.76. The molecule has 1 aromatic carbocycles. The number of hydrogen-bond donors (Lipinski definition) is 3. The molecule has 0 aliphatic carbocycles. The maximum absolute atomic E-state index is 12.0. The summed E-state index contributed by atoms with van der Waals surface area (Å²) in [5.74, 6) is -0.490. The van der Waals surface area contributed by atoms with Crippen LogP contribution in [0.5, 0.6) is 0 Å². The average Bonchev–Trinajstić information content (AvgIpc) is 2.70. The predicted octanol–water partition coefficient (Wildman–Crippen LogP) is 1.48. The first-order chi connectivity index (χ1) is 13.9. The van der Waals surface area contributed by atoms with E-state index in [1.54, 1.807) is 0 Å². The van der Waals surface area contributed by atoms with Crippen LogP contribution in [0.15, 0.2) is 18.2 Å². The second-order valence-electron chi connectivity index (χ2n) is 7.06. The molecule has 1 saturated heterocycles. The largest absolute Gasteiger partial charge is 0.483 e. The molecule has 0 saturated carbocycles. The van der Waals surface area contributed by atoms with Crippen molar-refractivity contribution in [2.75, 3.05) is 51.1 Å². The standard InChI is InChI=1S/C20H32N4O2.CH2O2/c1-4-23-11-13-24(14-12-23)10-6-9-21-19(25)15-20(26)22-18-8-5-7-16(2)17(18)3;2-1-3/h5,7-8H,4,6,9-15H2,1-3H3,(H,21,25)(H,22,26);1H,(H,2,3). The molecule has 0 atom stereocenters. The molecule has 8 heteroatoms. The number of carbonyl (C=O) groups excluding carboxylic acids is 2. The van der Waals surface area contributed by atoms with Crippen LogP contribution in [0.2, 0.25) is 0 Å². The number of piperazine rings is 1. The van der Waals surface area contributed by atoms with Crippen molar-refractivity contribution in [3.8, 4) is 0 Å². The summed E-state index contributed by atoms with van der Waals surface area (Å²) >= 11 is 0. The number of amides is 2. The van der Waals surface area contributed by atoms with E-state index >= 15 is 0 Å². The molecule has 0 bridgehead atoms. The first-order valence-electron chi connectivity index (χ1n) is 10.1. The Morgan fingerprint density at radius 1 is 1.10 bits per heavy atom. The third kappa shape index (κ3) is 9.54. The first kappa shape index (κ1) is 24.6. The van der Waals surface area contributed by atoms with Crippen molar-refractivity contribution in [2.45, 2.75) is 33.6 Å². The SMILES string of the molecule is CCN1CCN(CCCNC(=O)CC(=O)Nc2cccc(C)c2C)CC1.O=CO. The maximum Gasteiger partial charge on any atom is 0.290 e. The lowest BCUT2D eigenvalue weighted by atomic mass is 10.1. The molecule has 1 fully saturated rings. The van der Waals surface area contributed by atoms with Gasteiger partial charge in [0.15, 0.2) is 0 Å². The molecule has 0 radical (unpaired) electrons. The van der Waals surface area contributed by atoms with Gasteiger partial charge in [0.25, 0.3) is 6.47 Å². The molecule has 1 aromatic rings. The molecule has 29 heavy (non-hydrogen) atoms. The fraction of sp³-hybridized carbons (Fsp3) is 0.571. The van der Waals surface area contributed by atoms with Crippen molar-refractivity contribution in [3.63, 3.8) is 0 Å². The predicted molar refractivity (Wildman–Crippen MR) is 114 cm³/mol. The van der Waals surface area contributed by atoms with Crippen LogP contribution in [0.25, 0.3) is 0 Å². The number of likely N-dealkylation sites (N-methyl/N-ethyl adjacent to an activating group) is 1. The normalized spacial score (nSPS) is 14.4. The Morgan fingerprint density at radius 2 is 1.72 bits per heavy atom. The summed E-state index contributed by atoms with van der Waals surface area (Å²) in [4.78, 5) is 37.2. The summed E-state index contributed by atoms with van der Waals surface area (Å²) in [6.07, 6.45) is 0.777. The van der Waals surface area contributed by atoms with Crippen molar-refractivity contribution >= 4 is 24.0 Å². The summed E-state index contributed by atoms with van der Waals surface area (Å²) in [6.45, 7) is 13.1. The number of carbonyl (C=O) groups is 3. The van der Waals surface area contributed by atoms with Crippen molar-refractivity contribution in [1.82, 2.24) is 15.1 Å². The van der Waals surface area contributed by atoms with E-state index in [1.807, 2.05) is 32.0 Å². The number of hydrogen-bond acceptors (Lipinski definition) is 5. The molecule has 0 unspecified atom stereocenters. The van der Waals surface area contributed by atoms with Crippen molar-refractivity contribution in [3.05, 3.63) is 29.3 Å². The number of nitrogens with zero attached hydrogens (tertiary/aromatic N) is 2. The van der Waals surface area contributed by atoms with E-state index in [2.05, 4.69) is 27.4 Å². The fourth-order valence-corrected chi connectivity index (χ4v) is 3.15. The summed E-state index contributed by atoms with van der Waals surface area (Å²) in [5, 5.41) is 12.6. The Hall–Kier alpha value is -2.45. The van der Waals surface area contributed by atoms with Crippen molar-refractivity contribution in [2.24, 2.45) is 0 Å². The van der Waals surface area contributed by atoms with Gasteiger partial charge in [0.05, 0.1) is 0 Å². The molecule has 0 aromatic heterocycles. The van der Waals surface area contributed by atoms with Gasteiger partial charge in [-0.05, 0) is 50.6 Å². The third-order valence-electron chi connectivity index (χ3n) is 5.09. The molecule has 8 nitrogen and oxygen atoms in total. The topological polar surface area (TPSA) is 102 Å². The molecule has 0 spiro atoms. The van der Waals surface area contributed by atoms with E-state index < -0.39 is 0 Å². The lowest BCUT2D eigenvalue weighted by molar-refractivity contribution is -0.127. The molecular weight excluding hydrogens is 372 g/mol. The van der Waals surface area contributed by atoms with E-state index in [1.165, 1.54) is 0 Å². The van der Waals surface area contributed by atoms with Gasteiger partial charge in [-0.3, -0.25) is 14.4 Å². The first-order valence-corrected chi connectivity index (χ1v) is 10.1. The van der Waals surface area contributed by atoms with Gasteiger partial charge in [-0.25, -0.2) is 0 Å². The number of rotatable bonds is 8. The van der Waals surface area contributed by atoms with Crippen LogP contribution in [-0.4, -0.2) is 79.0 Å². The molecule has 1 aliphatic rings. The van der Waals surface area contributed by atoms with E-state index in [-0.39, 0.29) is 24.7 Å². The van der Waals surface area contributed by atoms with Gasteiger partial charge in [-0.15, -0.1) is 0 Å².